The van der Waals surface area contributed by atoms with Gasteiger partial charge in [-0.05, 0) is 34.7 Å². The number of piperazine rings is 1. The maximum Gasteiger partial charge on any atom is 0.231 e. The van der Waals surface area contributed by atoms with Crippen LogP contribution in [0.3, 0.4) is 0 Å². The lowest BCUT2D eigenvalue weighted by Crippen LogP contribution is -3.00. The zero-order valence-electron chi connectivity index (χ0n) is 19.6. The fraction of sp³-hybridized carbons (Fsp3) is 0.520. The van der Waals surface area contributed by atoms with Gasteiger partial charge in [0.05, 0.1) is 0 Å². The predicted molar refractivity (Wildman–Crippen MR) is 121 cm³/mol. The van der Waals surface area contributed by atoms with E-state index in [2.05, 4.69) is 48.8 Å². The fourth-order valence-electron chi connectivity index (χ4n) is 4.18. The van der Waals surface area contributed by atoms with Crippen molar-refractivity contribution in [2.24, 2.45) is 0 Å². The first-order valence-electron chi connectivity index (χ1n) is 11.1. The molecule has 33 heavy (non-hydrogen) atoms. The zero-order valence-corrected chi connectivity index (χ0v) is 21.1. The number of aliphatic hydroxyl groups excluding tert-OH is 1. The number of ether oxygens (including phenoxy) is 3. The molecule has 0 amide bonds. The summed E-state index contributed by atoms with van der Waals surface area (Å²) in [6, 6.07) is 14.3. The van der Waals surface area contributed by atoms with Crippen molar-refractivity contribution in [3.8, 4) is 17.2 Å². The number of para-hydroxylation sites is 1. The second-order valence-corrected chi connectivity index (χ2v) is 9.48. The third-order valence-corrected chi connectivity index (χ3v) is 5.90. The molecule has 8 heteroatoms. The van der Waals surface area contributed by atoms with E-state index in [0.29, 0.717) is 19.9 Å². The number of hydrogen-bond donors (Lipinski definition) is 1. The number of nitrogens with zero attached hydrogens (tertiary/aromatic N) is 2. The van der Waals surface area contributed by atoms with Crippen LogP contribution in [0.15, 0.2) is 42.5 Å². The SMILES string of the molecule is CC(C)(C)c1ccccc1OCC(O)CN1CCN(Cc2ccc3c(c2)OCO3)CC1.[Cl-].[Cl-]. The van der Waals surface area contributed by atoms with Crippen LogP contribution in [0.2, 0.25) is 0 Å². The summed E-state index contributed by atoms with van der Waals surface area (Å²) in [6.45, 7) is 12.5. The first-order valence-corrected chi connectivity index (χ1v) is 11.1. The minimum atomic E-state index is -0.506. The number of benzene rings is 2. The van der Waals surface area contributed by atoms with E-state index in [1.807, 2.05) is 24.3 Å². The van der Waals surface area contributed by atoms with Crippen LogP contribution in [0.4, 0.5) is 0 Å². The lowest BCUT2D eigenvalue weighted by atomic mass is 9.86. The Morgan fingerprint density at radius 1 is 0.939 bits per heavy atom. The minimum absolute atomic E-state index is 0. The van der Waals surface area contributed by atoms with E-state index in [-0.39, 0.29) is 30.2 Å². The van der Waals surface area contributed by atoms with Gasteiger partial charge in [0.1, 0.15) is 18.5 Å². The number of β-amino-alcohol motifs (C(OH)–C–C–N with tert-alkyl or cyclic N) is 1. The molecule has 0 aliphatic carbocycles. The van der Waals surface area contributed by atoms with Crippen molar-refractivity contribution < 1.29 is 44.1 Å². The maximum absolute atomic E-state index is 10.5. The molecule has 0 aromatic heterocycles. The molecule has 1 fully saturated rings. The van der Waals surface area contributed by atoms with Crippen molar-refractivity contribution >= 4 is 0 Å². The van der Waals surface area contributed by atoms with Crippen molar-refractivity contribution in [3.05, 3.63) is 53.6 Å². The summed E-state index contributed by atoms with van der Waals surface area (Å²) in [6.07, 6.45) is -0.506. The van der Waals surface area contributed by atoms with Crippen LogP contribution in [0.1, 0.15) is 31.9 Å². The lowest BCUT2D eigenvalue weighted by molar-refractivity contribution is -0.00100. The monoisotopic (exact) mass is 496 g/mol. The molecule has 1 atom stereocenters. The fourth-order valence-corrected chi connectivity index (χ4v) is 4.18. The van der Waals surface area contributed by atoms with Gasteiger partial charge in [0.2, 0.25) is 6.79 Å². The molecule has 2 aliphatic heterocycles. The lowest BCUT2D eigenvalue weighted by Gasteiger charge is -2.35. The zero-order chi connectivity index (χ0) is 21.8. The third-order valence-electron chi connectivity index (χ3n) is 5.90. The summed E-state index contributed by atoms with van der Waals surface area (Å²) >= 11 is 0. The Labute approximate surface area is 209 Å². The Morgan fingerprint density at radius 2 is 1.61 bits per heavy atom. The topological polar surface area (TPSA) is 54.4 Å². The van der Waals surface area contributed by atoms with Gasteiger partial charge in [-0.25, -0.2) is 0 Å². The largest absolute Gasteiger partial charge is 1.00 e. The Hall–Kier alpha value is -1.70. The van der Waals surface area contributed by atoms with Gasteiger partial charge in [0, 0.05) is 39.3 Å². The van der Waals surface area contributed by atoms with Crippen molar-refractivity contribution in [3.63, 3.8) is 0 Å². The van der Waals surface area contributed by atoms with Gasteiger partial charge in [-0.1, -0.05) is 45.0 Å². The summed E-state index contributed by atoms with van der Waals surface area (Å²) in [4.78, 5) is 4.76. The molecule has 2 aromatic rings. The van der Waals surface area contributed by atoms with Gasteiger partial charge in [-0.15, -0.1) is 0 Å². The average Bonchev–Trinajstić information content (AvgIpc) is 3.21. The molecular formula is C25H34Cl2N2O4-2. The van der Waals surface area contributed by atoms with Crippen LogP contribution < -0.4 is 39.0 Å². The molecule has 1 unspecified atom stereocenters. The molecule has 1 saturated heterocycles. The standard InChI is InChI=1S/C25H34N2O4.2ClH/c1-25(2,3)21-6-4-5-7-22(21)29-17-20(28)16-27-12-10-26(11-13-27)15-19-8-9-23-24(14-19)31-18-30-23;;/h4-9,14,20,28H,10-13,15-18H2,1-3H3;2*1H/p-2. The van der Waals surface area contributed by atoms with Crippen LogP contribution >= 0.6 is 0 Å². The van der Waals surface area contributed by atoms with Gasteiger partial charge in [0.15, 0.2) is 11.5 Å². The number of halogens is 2. The molecule has 0 spiro atoms. The normalized spacial score (nSPS) is 17.1. The molecule has 6 nitrogen and oxygen atoms in total. The first kappa shape index (κ1) is 27.5. The Kier molecular flexibility index (Phi) is 10.1. The highest BCUT2D eigenvalue weighted by Crippen LogP contribution is 2.33. The number of rotatable bonds is 7. The third kappa shape index (κ3) is 7.39. The van der Waals surface area contributed by atoms with Gasteiger partial charge in [-0.2, -0.15) is 0 Å². The molecule has 2 heterocycles. The Balaban J connectivity index is 0.00000193. The van der Waals surface area contributed by atoms with E-state index in [4.69, 9.17) is 14.2 Å². The van der Waals surface area contributed by atoms with Crippen LogP contribution in [0.25, 0.3) is 0 Å². The molecule has 4 rings (SSSR count). The molecular weight excluding hydrogens is 463 g/mol. The maximum atomic E-state index is 10.5. The average molecular weight is 497 g/mol. The number of fused-ring (bicyclic) bond motifs is 1. The number of hydrogen-bond acceptors (Lipinski definition) is 6. The van der Waals surface area contributed by atoms with Crippen molar-refractivity contribution in [2.45, 2.75) is 38.8 Å². The minimum Gasteiger partial charge on any atom is -1.00 e. The van der Waals surface area contributed by atoms with Crippen LogP contribution in [0, 0.1) is 0 Å². The second kappa shape index (κ2) is 12.1. The molecule has 0 bridgehead atoms. The molecule has 0 saturated carbocycles. The van der Waals surface area contributed by atoms with Crippen LogP contribution in [-0.2, 0) is 12.0 Å². The summed E-state index contributed by atoms with van der Waals surface area (Å²) < 4.78 is 16.9. The number of aliphatic hydroxyl groups is 1. The van der Waals surface area contributed by atoms with Crippen LogP contribution in [0.5, 0.6) is 17.2 Å². The van der Waals surface area contributed by atoms with Crippen molar-refractivity contribution in [1.82, 2.24) is 9.80 Å². The Bertz CT molecular complexity index is 883. The quantitative estimate of drug-likeness (QED) is 0.449. The van der Waals surface area contributed by atoms with E-state index in [1.54, 1.807) is 0 Å². The van der Waals surface area contributed by atoms with E-state index < -0.39 is 6.10 Å². The summed E-state index contributed by atoms with van der Waals surface area (Å²) in [7, 11) is 0. The molecule has 184 valence electrons. The second-order valence-electron chi connectivity index (χ2n) is 9.48. The predicted octanol–water partition coefficient (Wildman–Crippen LogP) is -2.72. The molecule has 1 N–H and O–H groups in total. The van der Waals surface area contributed by atoms with Crippen molar-refractivity contribution in [1.29, 1.82) is 0 Å². The molecule has 0 radical (unpaired) electrons. The van der Waals surface area contributed by atoms with E-state index in [1.165, 1.54) is 11.1 Å². The van der Waals surface area contributed by atoms with Crippen molar-refractivity contribution in [2.75, 3.05) is 46.1 Å². The van der Waals surface area contributed by atoms with Gasteiger partial charge in [-0.3, -0.25) is 9.80 Å². The summed E-state index contributed by atoms with van der Waals surface area (Å²) in [5.74, 6) is 2.53. The smallest absolute Gasteiger partial charge is 0.231 e. The highest BCUT2D eigenvalue weighted by atomic mass is 35.5. The van der Waals surface area contributed by atoms with E-state index in [9.17, 15) is 5.11 Å². The highest BCUT2D eigenvalue weighted by Gasteiger charge is 2.22. The molecule has 2 aromatic carbocycles. The van der Waals surface area contributed by atoms with E-state index >= 15 is 0 Å². The van der Waals surface area contributed by atoms with Crippen LogP contribution in [-0.4, -0.2) is 67.1 Å². The first-order chi connectivity index (χ1) is 14.9. The molecule has 2 aliphatic rings. The highest BCUT2D eigenvalue weighted by molar-refractivity contribution is 5.44. The van der Waals surface area contributed by atoms with Gasteiger partial charge < -0.3 is 44.1 Å². The van der Waals surface area contributed by atoms with Gasteiger partial charge >= 0.3 is 0 Å². The van der Waals surface area contributed by atoms with Gasteiger partial charge in [0.25, 0.3) is 0 Å². The summed E-state index contributed by atoms with van der Waals surface area (Å²) in [5.41, 5.74) is 2.42. The summed E-state index contributed by atoms with van der Waals surface area (Å²) in [5, 5.41) is 10.5. The Morgan fingerprint density at radius 3 is 2.33 bits per heavy atom. The van der Waals surface area contributed by atoms with E-state index in [0.717, 1.165) is 50.0 Å².